The number of nitrogens with one attached hydrogen (secondary N) is 1. The average molecular weight is 215 g/mol. The summed E-state index contributed by atoms with van der Waals surface area (Å²) in [6.45, 7) is 5.30. The lowest BCUT2D eigenvalue weighted by atomic mass is 10.4. The van der Waals surface area contributed by atoms with Crippen molar-refractivity contribution in [1.29, 1.82) is 0 Å². The number of rotatable bonds is 5. The first-order chi connectivity index (χ1) is 6.74. The Morgan fingerprint density at radius 1 is 1.43 bits per heavy atom. The zero-order valence-corrected chi connectivity index (χ0v) is 9.27. The predicted molar refractivity (Wildman–Crippen MR) is 57.5 cm³/mol. The van der Waals surface area contributed by atoms with Gasteiger partial charge in [-0.2, -0.15) is 0 Å². The lowest BCUT2D eigenvalue weighted by molar-refractivity contribution is 0.454. The maximum Gasteiger partial charge on any atom is 0.208 e. The highest BCUT2D eigenvalue weighted by Crippen LogP contribution is 2.07. The number of halogens is 1. The van der Waals surface area contributed by atoms with Gasteiger partial charge in [0.15, 0.2) is 0 Å². The maximum atomic E-state index is 5.48. The van der Waals surface area contributed by atoms with Gasteiger partial charge in [-0.1, -0.05) is 12.2 Å². The van der Waals surface area contributed by atoms with Crippen molar-refractivity contribution in [2.24, 2.45) is 0 Å². The van der Waals surface area contributed by atoms with Gasteiger partial charge in [-0.05, 0) is 13.8 Å². The normalized spacial score (nSPS) is 11.4. The topological polar surface area (TPSA) is 38.1 Å². The van der Waals surface area contributed by atoms with Gasteiger partial charge in [0, 0.05) is 12.4 Å². The molecule has 0 saturated heterocycles. The second-order valence-corrected chi connectivity index (χ2v) is 3.31. The van der Waals surface area contributed by atoms with Crippen molar-refractivity contribution in [3.63, 3.8) is 0 Å². The van der Waals surface area contributed by atoms with Crippen LogP contribution in [0.3, 0.4) is 0 Å². The number of alkyl halides is 1. The van der Waals surface area contributed by atoms with Gasteiger partial charge in [0.25, 0.3) is 0 Å². The molecule has 0 aliphatic carbocycles. The molecule has 4 heteroatoms. The number of oxazole rings is 1. The quantitative estimate of drug-likeness (QED) is 0.464. The summed E-state index contributed by atoms with van der Waals surface area (Å²) in [4.78, 5) is 4.25. The first kappa shape index (κ1) is 11.3. The Kier molecular flexibility index (Phi) is 4.70. The fourth-order valence-electron chi connectivity index (χ4n) is 1.02. The molecule has 0 aromatic carbocycles. The van der Waals surface area contributed by atoms with E-state index in [4.69, 9.17) is 16.0 Å². The molecule has 78 valence electrons. The second kappa shape index (κ2) is 5.83. The lowest BCUT2D eigenvalue weighted by Crippen LogP contribution is -2.13. The number of allylic oxidation sites excluding steroid dienone is 1. The Labute approximate surface area is 89.2 Å². The summed E-state index contributed by atoms with van der Waals surface area (Å²) in [7, 11) is 0. The number of aryl methyl sites for hydroxylation is 2. The van der Waals surface area contributed by atoms with Gasteiger partial charge in [0.2, 0.25) is 5.89 Å². The van der Waals surface area contributed by atoms with Gasteiger partial charge in [-0.25, -0.2) is 4.98 Å². The number of aromatic nitrogens is 1. The van der Waals surface area contributed by atoms with E-state index < -0.39 is 0 Å². The first-order valence-electron chi connectivity index (χ1n) is 4.58. The zero-order valence-electron chi connectivity index (χ0n) is 8.51. The lowest BCUT2D eigenvalue weighted by Gasteiger charge is -1.95. The summed E-state index contributed by atoms with van der Waals surface area (Å²) >= 11 is 5.48. The molecule has 0 aliphatic heterocycles. The Morgan fingerprint density at radius 2 is 2.21 bits per heavy atom. The van der Waals surface area contributed by atoms with E-state index in [0.717, 1.165) is 23.9 Å². The van der Waals surface area contributed by atoms with Crippen molar-refractivity contribution >= 4 is 11.6 Å². The summed E-state index contributed by atoms with van der Waals surface area (Å²) in [6.07, 6.45) is 3.89. The van der Waals surface area contributed by atoms with E-state index in [1.807, 2.05) is 26.0 Å². The molecule has 0 aliphatic rings. The first-order valence-corrected chi connectivity index (χ1v) is 5.12. The van der Waals surface area contributed by atoms with Crippen LogP contribution in [0.15, 0.2) is 16.6 Å². The van der Waals surface area contributed by atoms with Crippen molar-refractivity contribution in [3.05, 3.63) is 29.5 Å². The van der Waals surface area contributed by atoms with E-state index in [0.29, 0.717) is 12.4 Å². The molecule has 14 heavy (non-hydrogen) atoms. The van der Waals surface area contributed by atoms with Crippen LogP contribution < -0.4 is 5.32 Å². The monoisotopic (exact) mass is 214 g/mol. The molecule has 0 spiro atoms. The number of nitrogens with zero attached hydrogens (tertiary/aromatic N) is 1. The summed E-state index contributed by atoms with van der Waals surface area (Å²) in [5.74, 6) is 2.18. The van der Waals surface area contributed by atoms with E-state index in [1.165, 1.54) is 0 Å². The van der Waals surface area contributed by atoms with Gasteiger partial charge in [0.1, 0.15) is 5.76 Å². The van der Waals surface area contributed by atoms with E-state index in [1.54, 1.807) is 0 Å². The molecule has 0 fully saturated rings. The minimum Gasteiger partial charge on any atom is -0.444 e. The highest BCUT2D eigenvalue weighted by molar-refractivity contribution is 6.18. The third-order valence-electron chi connectivity index (χ3n) is 1.87. The third-order valence-corrected chi connectivity index (χ3v) is 2.05. The Morgan fingerprint density at radius 3 is 2.79 bits per heavy atom. The third kappa shape index (κ3) is 3.52. The van der Waals surface area contributed by atoms with Crippen LogP contribution in [0.2, 0.25) is 0 Å². The number of hydrogen-bond acceptors (Lipinski definition) is 3. The molecule has 0 radical (unpaired) electrons. The fourth-order valence-corrected chi connectivity index (χ4v) is 1.15. The predicted octanol–water partition coefficient (Wildman–Crippen LogP) is 2.18. The van der Waals surface area contributed by atoms with Gasteiger partial charge >= 0.3 is 0 Å². The van der Waals surface area contributed by atoms with Gasteiger partial charge < -0.3 is 9.73 Å². The molecule has 1 rings (SSSR count). The summed E-state index contributed by atoms with van der Waals surface area (Å²) in [6, 6.07) is 0. The van der Waals surface area contributed by atoms with Crippen molar-refractivity contribution in [2.45, 2.75) is 20.4 Å². The molecule has 1 heterocycles. The summed E-state index contributed by atoms with van der Waals surface area (Å²) < 4.78 is 5.40. The van der Waals surface area contributed by atoms with Crippen molar-refractivity contribution in [1.82, 2.24) is 10.3 Å². The standard InChI is InChI=1S/C10H15ClN2O/c1-8-9(2)14-10(13-8)7-12-6-4-3-5-11/h3-4,12H,5-7H2,1-2H3/b4-3+. The van der Waals surface area contributed by atoms with Crippen molar-refractivity contribution in [2.75, 3.05) is 12.4 Å². The second-order valence-electron chi connectivity index (χ2n) is 3.01. The summed E-state index contributed by atoms with van der Waals surface area (Å²) in [5, 5.41) is 3.18. The fraction of sp³-hybridized carbons (Fsp3) is 0.500. The smallest absolute Gasteiger partial charge is 0.208 e. The Balaban J connectivity index is 2.28. The molecular weight excluding hydrogens is 200 g/mol. The Bertz CT molecular complexity index is 288. The molecule has 0 bridgehead atoms. The molecule has 0 unspecified atom stereocenters. The average Bonchev–Trinajstić information content (AvgIpc) is 2.46. The molecule has 1 N–H and O–H groups in total. The molecule has 1 aromatic heterocycles. The molecule has 0 amide bonds. The molecule has 0 saturated carbocycles. The SMILES string of the molecule is Cc1nc(CNC/C=C/CCl)oc1C. The highest BCUT2D eigenvalue weighted by Gasteiger charge is 2.03. The molecule has 0 atom stereocenters. The van der Waals surface area contributed by atoms with Crippen LogP contribution in [0, 0.1) is 13.8 Å². The van der Waals surface area contributed by atoms with Crippen molar-refractivity contribution in [3.8, 4) is 0 Å². The van der Waals surface area contributed by atoms with E-state index in [2.05, 4.69) is 10.3 Å². The molecule has 3 nitrogen and oxygen atoms in total. The van der Waals surface area contributed by atoms with Crippen LogP contribution in [0.25, 0.3) is 0 Å². The maximum absolute atomic E-state index is 5.48. The van der Waals surface area contributed by atoms with Gasteiger partial charge in [0.05, 0.1) is 12.2 Å². The van der Waals surface area contributed by atoms with Crippen LogP contribution in [-0.4, -0.2) is 17.4 Å². The summed E-state index contributed by atoms with van der Waals surface area (Å²) in [5.41, 5.74) is 0.957. The minimum atomic E-state index is 0.554. The van der Waals surface area contributed by atoms with Crippen molar-refractivity contribution < 1.29 is 4.42 Å². The van der Waals surface area contributed by atoms with Gasteiger partial charge in [-0.3, -0.25) is 0 Å². The minimum absolute atomic E-state index is 0.554. The van der Waals surface area contributed by atoms with Crippen LogP contribution in [0.4, 0.5) is 0 Å². The highest BCUT2D eigenvalue weighted by atomic mass is 35.5. The Hall–Kier alpha value is -0.800. The number of hydrogen-bond donors (Lipinski definition) is 1. The molecule has 1 aromatic rings. The van der Waals surface area contributed by atoms with Crippen LogP contribution in [0.1, 0.15) is 17.3 Å². The van der Waals surface area contributed by atoms with E-state index in [9.17, 15) is 0 Å². The van der Waals surface area contributed by atoms with E-state index >= 15 is 0 Å². The molecular formula is C10H15ClN2O. The van der Waals surface area contributed by atoms with E-state index in [-0.39, 0.29) is 0 Å². The zero-order chi connectivity index (χ0) is 10.4. The largest absolute Gasteiger partial charge is 0.444 e. The van der Waals surface area contributed by atoms with Gasteiger partial charge in [-0.15, -0.1) is 11.6 Å². The van der Waals surface area contributed by atoms with Crippen LogP contribution in [0.5, 0.6) is 0 Å². The van der Waals surface area contributed by atoms with Crippen LogP contribution >= 0.6 is 11.6 Å². The van der Waals surface area contributed by atoms with Crippen LogP contribution in [-0.2, 0) is 6.54 Å².